The SMILES string of the molecule is COc1ccc(C(Br)c2cc3c(s2)CCC3)cc1. The Balaban J connectivity index is 1.86. The number of ether oxygens (including phenoxy) is 1. The van der Waals surface area contributed by atoms with Gasteiger partial charge in [0, 0.05) is 9.75 Å². The van der Waals surface area contributed by atoms with Gasteiger partial charge in [-0.05, 0) is 48.6 Å². The Morgan fingerprint density at radius 3 is 2.67 bits per heavy atom. The highest BCUT2D eigenvalue weighted by Crippen LogP contribution is 2.40. The minimum Gasteiger partial charge on any atom is -0.497 e. The van der Waals surface area contributed by atoms with E-state index in [4.69, 9.17) is 4.74 Å². The summed E-state index contributed by atoms with van der Waals surface area (Å²) in [7, 11) is 1.70. The Bertz CT molecular complexity index is 523. The maximum Gasteiger partial charge on any atom is 0.118 e. The Morgan fingerprint density at radius 1 is 1.22 bits per heavy atom. The number of halogens is 1. The quantitative estimate of drug-likeness (QED) is 0.742. The maximum atomic E-state index is 5.19. The van der Waals surface area contributed by atoms with Crippen molar-refractivity contribution in [1.29, 1.82) is 0 Å². The summed E-state index contributed by atoms with van der Waals surface area (Å²) in [5, 5.41) is 0. The van der Waals surface area contributed by atoms with Gasteiger partial charge in [-0.3, -0.25) is 0 Å². The van der Waals surface area contributed by atoms with Gasteiger partial charge in [0.15, 0.2) is 0 Å². The molecule has 0 saturated heterocycles. The summed E-state index contributed by atoms with van der Waals surface area (Å²) in [5.41, 5.74) is 2.85. The number of methoxy groups -OCH3 is 1. The van der Waals surface area contributed by atoms with Crippen LogP contribution >= 0.6 is 27.3 Å². The Morgan fingerprint density at radius 2 is 2.00 bits per heavy atom. The first-order valence-corrected chi connectivity index (χ1v) is 7.90. The second kappa shape index (κ2) is 5.06. The van der Waals surface area contributed by atoms with Crippen LogP contribution in [0.4, 0.5) is 0 Å². The van der Waals surface area contributed by atoms with Crippen molar-refractivity contribution in [2.24, 2.45) is 0 Å². The van der Waals surface area contributed by atoms with Crippen LogP contribution in [0.3, 0.4) is 0 Å². The summed E-state index contributed by atoms with van der Waals surface area (Å²) >= 11 is 5.77. The van der Waals surface area contributed by atoms with Crippen molar-refractivity contribution in [1.82, 2.24) is 0 Å². The number of hydrogen-bond donors (Lipinski definition) is 0. The number of aryl methyl sites for hydroxylation is 2. The zero-order chi connectivity index (χ0) is 12.5. The van der Waals surface area contributed by atoms with Gasteiger partial charge in [-0.15, -0.1) is 11.3 Å². The van der Waals surface area contributed by atoms with Gasteiger partial charge < -0.3 is 4.74 Å². The van der Waals surface area contributed by atoms with E-state index in [-0.39, 0.29) is 0 Å². The van der Waals surface area contributed by atoms with Crippen LogP contribution < -0.4 is 4.74 Å². The van der Waals surface area contributed by atoms with E-state index in [1.54, 1.807) is 17.6 Å². The van der Waals surface area contributed by atoms with E-state index < -0.39 is 0 Å². The van der Waals surface area contributed by atoms with Gasteiger partial charge in [-0.2, -0.15) is 0 Å². The fraction of sp³-hybridized carbons (Fsp3) is 0.333. The third-order valence-electron chi connectivity index (χ3n) is 3.42. The lowest BCUT2D eigenvalue weighted by atomic mass is 10.1. The Hall–Kier alpha value is -0.800. The molecule has 0 amide bonds. The third-order valence-corrected chi connectivity index (χ3v) is 6.05. The minimum absolute atomic E-state index is 0.305. The lowest BCUT2D eigenvalue weighted by Gasteiger charge is -2.09. The van der Waals surface area contributed by atoms with E-state index in [1.807, 2.05) is 23.5 Å². The van der Waals surface area contributed by atoms with Crippen molar-refractivity contribution in [3.05, 3.63) is 51.2 Å². The molecule has 1 aliphatic carbocycles. The van der Waals surface area contributed by atoms with E-state index in [1.165, 1.54) is 29.7 Å². The van der Waals surface area contributed by atoms with Crippen molar-refractivity contribution in [2.45, 2.75) is 24.1 Å². The monoisotopic (exact) mass is 322 g/mol. The summed E-state index contributed by atoms with van der Waals surface area (Å²) in [5.74, 6) is 0.909. The molecule has 2 aromatic rings. The van der Waals surface area contributed by atoms with Gasteiger partial charge in [0.2, 0.25) is 0 Å². The zero-order valence-electron chi connectivity index (χ0n) is 10.3. The molecule has 1 aromatic heterocycles. The molecule has 1 aliphatic rings. The highest BCUT2D eigenvalue weighted by atomic mass is 79.9. The topological polar surface area (TPSA) is 9.23 Å². The molecule has 94 valence electrons. The minimum atomic E-state index is 0.305. The Kier molecular flexibility index (Phi) is 3.44. The second-order valence-corrected chi connectivity index (χ2v) is 6.67. The molecule has 1 heterocycles. The molecule has 0 bridgehead atoms. The van der Waals surface area contributed by atoms with E-state index in [9.17, 15) is 0 Å². The number of hydrogen-bond acceptors (Lipinski definition) is 2. The number of fused-ring (bicyclic) bond motifs is 1. The van der Waals surface area contributed by atoms with Crippen LogP contribution in [0.5, 0.6) is 5.75 Å². The molecule has 0 N–H and O–H groups in total. The molecule has 3 heteroatoms. The molecule has 1 aromatic carbocycles. The normalized spacial score (nSPS) is 15.4. The summed E-state index contributed by atoms with van der Waals surface area (Å²) in [6.07, 6.45) is 3.85. The van der Waals surface area contributed by atoms with Gasteiger partial charge >= 0.3 is 0 Å². The lowest BCUT2D eigenvalue weighted by Crippen LogP contribution is -1.90. The highest BCUT2D eigenvalue weighted by molar-refractivity contribution is 9.09. The van der Waals surface area contributed by atoms with Crippen LogP contribution in [0.2, 0.25) is 0 Å². The first-order chi connectivity index (χ1) is 8.78. The van der Waals surface area contributed by atoms with E-state index in [0.29, 0.717) is 4.83 Å². The average Bonchev–Trinajstić information content (AvgIpc) is 2.99. The van der Waals surface area contributed by atoms with Crippen LogP contribution in [0.25, 0.3) is 0 Å². The first kappa shape index (κ1) is 12.2. The van der Waals surface area contributed by atoms with Crippen molar-refractivity contribution in [3.63, 3.8) is 0 Å². The number of thiophene rings is 1. The number of benzene rings is 1. The molecular weight excluding hydrogens is 308 g/mol. The van der Waals surface area contributed by atoms with Gasteiger partial charge in [0.05, 0.1) is 11.9 Å². The van der Waals surface area contributed by atoms with Crippen molar-refractivity contribution in [2.75, 3.05) is 7.11 Å². The summed E-state index contributed by atoms with van der Waals surface area (Å²) in [6.45, 7) is 0. The second-order valence-electron chi connectivity index (χ2n) is 4.59. The molecular formula is C15H15BrOS. The van der Waals surface area contributed by atoms with E-state index in [0.717, 1.165) is 5.75 Å². The van der Waals surface area contributed by atoms with Crippen LogP contribution in [-0.4, -0.2) is 7.11 Å². The smallest absolute Gasteiger partial charge is 0.118 e. The molecule has 1 unspecified atom stereocenters. The van der Waals surface area contributed by atoms with Crippen LogP contribution in [0.15, 0.2) is 30.3 Å². The lowest BCUT2D eigenvalue weighted by molar-refractivity contribution is 0.414. The Labute approximate surface area is 120 Å². The molecule has 3 rings (SSSR count). The zero-order valence-corrected chi connectivity index (χ0v) is 12.7. The van der Waals surface area contributed by atoms with E-state index in [2.05, 4.69) is 34.1 Å². The van der Waals surface area contributed by atoms with Gasteiger partial charge in [0.1, 0.15) is 5.75 Å². The van der Waals surface area contributed by atoms with Gasteiger partial charge in [-0.1, -0.05) is 28.1 Å². The van der Waals surface area contributed by atoms with Crippen LogP contribution in [0.1, 0.15) is 32.1 Å². The summed E-state index contributed by atoms with van der Waals surface area (Å²) in [4.78, 5) is 3.31. The predicted octanol–water partition coefficient (Wildman–Crippen LogP) is 4.73. The molecule has 1 nitrogen and oxygen atoms in total. The van der Waals surface area contributed by atoms with Gasteiger partial charge in [-0.25, -0.2) is 0 Å². The first-order valence-electron chi connectivity index (χ1n) is 6.17. The highest BCUT2D eigenvalue weighted by Gasteiger charge is 2.19. The molecule has 0 saturated carbocycles. The van der Waals surface area contributed by atoms with Gasteiger partial charge in [0.25, 0.3) is 0 Å². The van der Waals surface area contributed by atoms with Crippen molar-refractivity contribution < 1.29 is 4.74 Å². The molecule has 18 heavy (non-hydrogen) atoms. The molecule has 1 atom stereocenters. The van der Waals surface area contributed by atoms with Crippen LogP contribution in [0, 0.1) is 0 Å². The molecule has 0 radical (unpaired) electrons. The largest absolute Gasteiger partial charge is 0.497 e. The fourth-order valence-electron chi connectivity index (χ4n) is 2.41. The fourth-order valence-corrected chi connectivity index (χ4v) is 4.40. The molecule has 0 fully saturated rings. The predicted molar refractivity (Wildman–Crippen MR) is 80.1 cm³/mol. The summed E-state index contributed by atoms with van der Waals surface area (Å²) in [6, 6.07) is 10.7. The van der Waals surface area contributed by atoms with Crippen LogP contribution in [-0.2, 0) is 12.8 Å². The maximum absolute atomic E-state index is 5.19. The number of rotatable bonds is 3. The molecule has 0 spiro atoms. The summed E-state index contributed by atoms with van der Waals surface area (Å²) < 4.78 is 5.19. The third kappa shape index (κ3) is 2.21. The standard InChI is InChI=1S/C15H15BrOS/c1-17-12-7-5-10(6-8-12)15(16)14-9-11-3-2-4-13(11)18-14/h5-9,15H,2-4H2,1H3. The van der Waals surface area contributed by atoms with Crippen molar-refractivity contribution >= 4 is 27.3 Å². The van der Waals surface area contributed by atoms with E-state index >= 15 is 0 Å². The average molecular weight is 323 g/mol. The van der Waals surface area contributed by atoms with Crippen molar-refractivity contribution in [3.8, 4) is 5.75 Å². The number of alkyl halides is 1. The molecule has 0 aliphatic heterocycles.